The summed E-state index contributed by atoms with van der Waals surface area (Å²) in [6, 6.07) is 8.58. The molecule has 1 aromatic carbocycles. The van der Waals surface area contributed by atoms with Gasteiger partial charge in [-0.15, -0.1) is 6.58 Å². The zero-order valence-corrected chi connectivity index (χ0v) is 9.09. The van der Waals surface area contributed by atoms with Crippen LogP contribution in [-0.4, -0.2) is 0 Å². The van der Waals surface area contributed by atoms with Crippen molar-refractivity contribution in [3.05, 3.63) is 47.5 Å². The molecule has 0 saturated carbocycles. The van der Waals surface area contributed by atoms with E-state index in [4.69, 9.17) is 5.73 Å². The molecule has 14 heavy (non-hydrogen) atoms. The topological polar surface area (TPSA) is 26.0 Å². The molecule has 0 aliphatic heterocycles. The van der Waals surface area contributed by atoms with Crippen molar-refractivity contribution in [2.24, 2.45) is 5.73 Å². The smallest absolute Gasteiger partial charge is 0.0297 e. The van der Waals surface area contributed by atoms with Crippen molar-refractivity contribution in [1.29, 1.82) is 0 Å². The Morgan fingerprint density at radius 2 is 1.93 bits per heavy atom. The summed E-state index contributed by atoms with van der Waals surface area (Å²) in [6.07, 6.45) is 1.99. The summed E-state index contributed by atoms with van der Waals surface area (Å²) < 4.78 is 0. The van der Waals surface area contributed by atoms with E-state index >= 15 is 0 Å². The van der Waals surface area contributed by atoms with Gasteiger partial charge in [-0.1, -0.05) is 35.4 Å². The van der Waals surface area contributed by atoms with Crippen LogP contribution in [0.25, 0.3) is 0 Å². The second kappa shape index (κ2) is 4.97. The Labute approximate surface area is 86.6 Å². The molecule has 0 aromatic heterocycles. The number of rotatable bonds is 4. The fraction of sp³-hybridized carbons (Fsp3) is 0.385. The van der Waals surface area contributed by atoms with Crippen molar-refractivity contribution in [2.75, 3.05) is 0 Å². The Balaban J connectivity index is 2.56. The Hall–Kier alpha value is -1.08. The predicted molar refractivity (Wildman–Crippen MR) is 62.2 cm³/mol. The van der Waals surface area contributed by atoms with Gasteiger partial charge in [0.15, 0.2) is 0 Å². The minimum Gasteiger partial charge on any atom is -0.324 e. The summed E-state index contributed by atoms with van der Waals surface area (Å²) >= 11 is 0. The van der Waals surface area contributed by atoms with Crippen LogP contribution in [-0.2, 0) is 0 Å². The molecule has 0 spiro atoms. The number of hydrogen-bond donors (Lipinski definition) is 1. The standard InChI is InChI=1S/C13H19N/c1-10(2)4-9-13(14)12-7-5-11(3)6-8-12/h5-8,13H,1,4,9,14H2,2-3H3. The van der Waals surface area contributed by atoms with Gasteiger partial charge >= 0.3 is 0 Å². The van der Waals surface area contributed by atoms with Crippen LogP contribution < -0.4 is 5.73 Å². The lowest BCUT2D eigenvalue weighted by atomic mass is 10.00. The third-order valence-electron chi connectivity index (χ3n) is 2.39. The summed E-state index contributed by atoms with van der Waals surface area (Å²) in [4.78, 5) is 0. The lowest BCUT2D eigenvalue weighted by Crippen LogP contribution is -2.09. The van der Waals surface area contributed by atoms with Crippen molar-refractivity contribution in [2.45, 2.75) is 32.7 Å². The van der Waals surface area contributed by atoms with E-state index in [0.29, 0.717) is 0 Å². The van der Waals surface area contributed by atoms with Crippen molar-refractivity contribution in [3.8, 4) is 0 Å². The average molecular weight is 189 g/mol. The van der Waals surface area contributed by atoms with E-state index in [0.717, 1.165) is 12.8 Å². The molecule has 76 valence electrons. The predicted octanol–water partition coefficient (Wildman–Crippen LogP) is 3.35. The second-order valence-electron chi connectivity index (χ2n) is 4.01. The van der Waals surface area contributed by atoms with Gasteiger partial charge in [-0.2, -0.15) is 0 Å². The minimum absolute atomic E-state index is 0.146. The minimum atomic E-state index is 0.146. The first-order valence-electron chi connectivity index (χ1n) is 5.06. The molecule has 0 bridgehead atoms. The lowest BCUT2D eigenvalue weighted by Gasteiger charge is -2.11. The third-order valence-corrected chi connectivity index (χ3v) is 2.39. The van der Waals surface area contributed by atoms with Gasteiger partial charge in [0.1, 0.15) is 0 Å². The Kier molecular flexibility index (Phi) is 3.90. The van der Waals surface area contributed by atoms with Gasteiger partial charge < -0.3 is 5.73 Å². The van der Waals surface area contributed by atoms with E-state index in [-0.39, 0.29) is 6.04 Å². The van der Waals surface area contributed by atoms with Gasteiger partial charge in [-0.3, -0.25) is 0 Å². The Morgan fingerprint density at radius 3 is 2.43 bits per heavy atom. The monoisotopic (exact) mass is 189 g/mol. The summed E-state index contributed by atoms with van der Waals surface area (Å²) in [7, 11) is 0. The molecule has 1 nitrogen and oxygen atoms in total. The van der Waals surface area contributed by atoms with Crippen LogP contribution in [0.5, 0.6) is 0 Å². The number of benzene rings is 1. The molecule has 0 aliphatic rings. The quantitative estimate of drug-likeness (QED) is 0.722. The molecule has 0 aliphatic carbocycles. The fourth-order valence-corrected chi connectivity index (χ4v) is 1.38. The molecule has 2 N–H and O–H groups in total. The van der Waals surface area contributed by atoms with Crippen LogP contribution in [0.3, 0.4) is 0 Å². The molecule has 1 unspecified atom stereocenters. The highest BCUT2D eigenvalue weighted by Gasteiger charge is 2.04. The normalized spacial score (nSPS) is 12.5. The van der Waals surface area contributed by atoms with E-state index in [1.807, 2.05) is 6.92 Å². The summed E-state index contributed by atoms with van der Waals surface area (Å²) in [5.41, 5.74) is 9.75. The molecule has 1 rings (SSSR count). The van der Waals surface area contributed by atoms with Gasteiger partial charge in [0.2, 0.25) is 0 Å². The van der Waals surface area contributed by atoms with Gasteiger partial charge in [0.05, 0.1) is 0 Å². The van der Waals surface area contributed by atoms with Crippen LogP contribution in [0.2, 0.25) is 0 Å². The van der Waals surface area contributed by atoms with E-state index in [2.05, 4.69) is 37.8 Å². The third kappa shape index (κ3) is 3.35. The maximum absolute atomic E-state index is 6.05. The van der Waals surface area contributed by atoms with Gasteiger partial charge in [0, 0.05) is 6.04 Å². The van der Waals surface area contributed by atoms with Gasteiger partial charge in [-0.25, -0.2) is 0 Å². The van der Waals surface area contributed by atoms with Crippen molar-refractivity contribution < 1.29 is 0 Å². The number of hydrogen-bond acceptors (Lipinski definition) is 1. The zero-order chi connectivity index (χ0) is 10.6. The molecular formula is C13H19N. The summed E-state index contributed by atoms with van der Waals surface area (Å²) in [5, 5.41) is 0. The Morgan fingerprint density at radius 1 is 1.36 bits per heavy atom. The van der Waals surface area contributed by atoms with Crippen molar-refractivity contribution >= 4 is 0 Å². The number of allylic oxidation sites excluding steroid dienone is 1. The number of aryl methyl sites for hydroxylation is 1. The van der Waals surface area contributed by atoms with E-state index in [9.17, 15) is 0 Å². The Bertz CT molecular complexity index is 298. The lowest BCUT2D eigenvalue weighted by molar-refractivity contribution is 0.649. The van der Waals surface area contributed by atoms with Crippen LogP contribution in [0, 0.1) is 6.92 Å². The van der Waals surface area contributed by atoms with E-state index in [1.165, 1.54) is 16.7 Å². The first-order chi connectivity index (χ1) is 6.59. The average Bonchev–Trinajstić information content (AvgIpc) is 2.15. The van der Waals surface area contributed by atoms with Gasteiger partial charge in [0.25, 0.3) is 0 Å². The molecule has 0 fully saturated rings. The first-order valence-corrected chi connectivity index (χ1v) is 5.06. The molecule has 0 amide bonds. The molecule has 1 heteroatoms. The van der Waals surface area contributed by atoms with E-state index < -0.39 is 0 Å². The van der Waals surface area contributed by atoms with Crippen LogP contribution in [0.1, 0.15) is 36.9 Å². The highest BCUT2D eigenvalue weighted by Crippen LogP contribution is 2.18. The largest absolute Gasteiger partial charge is 0.324 e. The molecule has 0 saturated heterocycles. The molecule has 0 heterocycles. The molecular weight excluding hydrogens is 170 g/mol. The molecule has 0 radical (unpaired) electrons. The SMILES string of the molecule is C=C(C)CCC(N)c1ccc(C)cc1. The van der Waals surface area contributed by atoms with Gasteiger partial charge in [-0.05, 0) is 32.3 Å². The second-order valence-corrected chi connectivity index (χ2v) is 4.01. The maximum atomic E-state index is 6.05. The maximum Gasteiger partial charge on any atom is 0.0297 e. The highest BCUT2D eigenvalue weighted by molar-refractivity contribution is 5.23. The molecule has 1 aromatic rings. The zero-order valence-electron chi connectivity index (χ0n) is 9.09. The van der Waals surface area contributed by atoms with Crippen LogP contribution >= 0.6 is 0 Å². The van der Waals surface area contributed by atoms with Crippen LogP contribution in [0.4, 0.5) is 0 Å². The van der Waals surface area contributed by atoms with Crippen LogP contribution in [0.15, 0.2) is 36.4 Å². The highest BCUT2D eigenvalue weighted by atomic mass is 14.6. The van der Waals surface area contributed by atoms with Crippen molar-refractivity contribution in [3.63, 3.8) is 0 Å². The van der Waals surface area contributed by atoms with Crippen molar-refractivity contribution in [1.82, 2.24) is 0 Å². The first kappa shape index (κ1) is 11.0. The van der Waals surface area contributed by atoms with E-state index in [1.54, 1.807) is 0 Å². The fourth-order valence-electron chi connectivity index (χ4n) is 1.38. The number of nitrogens with two attached hydrogens (primary N) is 1. The molecule has 1 atom stereocenters. The summed E-state index contributed by atoms with van der Waals surface area (Å²) in [6.45, 7) is 8.01. The summed E-state index contributed by atoms with van der Waals surface area (Å²) in [5.74, 6) is 0.